The molecule has 0 radical (unpaired) electrons. The number of ether oxygens (including phenoxy) is 1. The molecule has 0 aromatic heterocycles. The van der Waals surface area contributed by atoms with E-state index >= 15 is 0 Å². The molecule has 6 nitrogen and oxygen atoms in total. The summed E-state index contributed by atoms with van der Waals surface area (Å²) < 4.78 is 30.4. The van der Waals surface area contributed by atoms with E-state index in [0.29, 0.717) is 18.2 Å². The van der Waals surface area contributed by atoms with Crippen LogP contribution in [-0.4, -0.2) is 55.0 Å². The molecule has 0 spiro atoms. The first kappa shape index (κ1) is 17.5. The Labute approximate surface area is 159 Å². The highest BCUT2D eigenvalue weighted by molar-refractivity contribution is 9.10. The molecule has 0 unspecified atom stereocenters. The van der Waals surface area contributed by atoms with Gasteiger partial charge in [0.05, 0.1) is 17.5 Å². The molecule has 3 fully saturated rings. The van der Waals surface area contributed by atoms with Crippen LogP contribution in [0, 0.1) is 0 Å². The number of halogens is 1. The Kier molecular flexibility index (Phi) is 4.68. The highest BCUT2D eigenvalue weighted by Crippen LogP contribution is 2.41. The summed E-state index contributed by atoms with van der Waals surface area (Å²) in [5.41, 5.74) is 0.846. The van der Waals surface area contributed by atoms with E-state index in [2.05, 4.69) is 20.9 Å². The van der Waals surface area contributed by atoms with Crippen molar-refractivity contribution in [1.82, 2.24) is 0 Å². The number of amides is 1. The van der Waals surface area contributed by atoms with Gasteiger partial charge in [0, 0.05) is 22.0 Å². The number of sulfone groups is 1. The SMILES string of the molecule is O=C(N=C1S[C@H]2CS(=O)(=O)C[C@@H]2N1c1ccc(Br)cc1)[C@H]1CCCO1. The van der Waals surface area contributed by atoms with Gasteiger partial charge < -0.3 is 9.64 Å². The number of amidine groups is 1. The van der Waals surface area contributed by atoms with Crippen molar-refractivity contribution in [1.29, 1.82) is 0 Å². The van der Waals surface area contributed by atoms with Gasteiger partial charge in [-0.1, -0.05) is 27.7 Å². The Morgan fingerprint density at radius 1 is 1.28 bits per heavy atom. The summed E-state index contributed by atoms with van der Waals surface area (Å²) in [5.74, 6) is -0.0546. The van der Waals surface area contributed by atoms with Crippen LogP contribution in [0.25, 0.3) is 0 Å². The summed E-state index contributed by atoms with van der Waals surface area (Å²) in [6.07, 6.45) is 1.10. The van der Waals surface area contributed by atoms with Crippen molar-refractivity contribution in [2.45, 2.75) is 30.2 Å². The van der Waals surface area contributed by atoms with Crippen LogP contribution in [0.1, 0.15) is 12.8 Å². The maximum atomic E-state index is 12.4. The maximum absolute atomic E-state index is 12.4. The van der Waals surface area contributed by atoms with Gasteiger partial charge in [-0.2, -0.15) is 4.99 Å². The summed E-state index contributed by atoms with van der Waals surface area (Å²) in [6, 6.07) is 7.42. The topological polar surface area (TPSA) is 76.0 Å². The number of nitrogens with zero attached hydrogens (tertiary/aromatic N) is 2. The molecule has 3 saturated heterocycles. The molecule has 3 heterocycles. The molecule has 9 heteroatoms. The lowest BCUT2D eigenvalue weighted by Crippen LogP contribution is -2.38. The van der Waals surface area contributed by atoms with Gasteiger partial charge in [-0.3, -0.25) is 4.79 Å². The van der Waals surface area contributed by atoms with Gasteiger partial charge in [-0.05, 0) is 37.1 Å². The van der Waals surface area contributed by atoms with E-state index in [9.17, 15) is 13.2 Å². The Balaban J connectivity index is 1.68. The highest BCUT2D eigenvalue weighted by Gasteiger charge is 2.49. The number of benzene rings is 1. The van der Waals surface area contributed by atoms with Crippen LogP contribution in [-0.2, 0) is 19.4 Å². The fourth-order valence-electron chi connectivity index (χ4n) is 3.41. The second kappa shape index (κ2) is 6.68. The molecule has 0 aliphatic carbocycles. The van der Waals surface area contributed by atoms with Gasteiger partial charge in [0.2, 0.25) is 0 Å². The Morgan fingerprint density at radius 2 is 2.04 bits per heavy atom. The number of rotatable bonds is 2. The van der Waals surface area contributed by atoms with Crippen molar-refractivity contribution in [3.05, 3.63) is 28.7 Å². The summed E-state index contributed by atoms with van der Waals surface area (Å²) >= 11 is 4.79. The third kappa shape index (κ3) is 3.51. The third-order valence-electron chi connectivity index (χ3n) is 4.58. The third-order valence-corrected chi connectivity index (χ3v) is 8.32. The normalized spacial score (nSPS) is 32.3. The molecule has 0 saturated carbocycles. The van der Waals surface area contributed by atoms with Crippen LogP contribution in [0.2, 0.25) is 0 Å². The van der Waals surface area contributed by atoms with Crippen molar-refractivity contribution in [2.75, 3.05) is 23.0 Å². The molecule has 3 atom stereocenters. The molecule has 3 aliphatic heterocycles. The fraction of sp³-hybridized carbons (Fsp3) is 0.500. The van der Waals surface area contributed by atoms with Crippen molar-refractivity contribution >= 4 is 54.3 Å². The predicted octanol–water partition coefficient (Wildman–Crippen LogP) is 2.23. The van der Waals surface area contributed by atoms with Crippen LogP contribution in [0.15, 0.2) is 33.7 Å². The molecule has 1 amide bonds. The first-order chi connectivity index (χ1) is 11.9. The highest BCUT2D eigenvalue weighted by atomic mass is 79.9. The van der Waals surface area contributed by atoms with E-state index in [-0.39, 0.29) is 28.7 Å². The van der Waals surface area contributed by atoms with Crippen LogP contribution < -0.4 is 4.90 Å². The summed E-state index contributed by atoms with van der Waals surface area (Å²) in [4.78, 5) is 18.6. The van der Waals surface area contributed by atoms with E-state index in [0.717, 1.165) is 16.6 Å². The number of fused-ring (bicyclic) bond motifs is 1. The zero-order valence-electron chi connectivity index (χ0n) is 13.3. The zero-order chi connectivity index (χ0) is 17.6. The van der Waals surface area contributed by atoms with Crippen molar-refractivity contribution < 1.29 is 17.9 Å². The van der Waals surface area contributed by atoms with Gasteiger partial charge in [0.15, 0.2) is 15.0 Å². The summed E-state index contributed by atoms with van der Waals surface area (Å²) in [7, 11) is -3.06. The average Bonchev–Trinajstić information content (AvgIpc) is 3.23. The predicted molar refractivity (Wildman–Crippen MR) is 102 cm³/mol. The van der Waals surface area contributed by atoms with Gasteiger partial charge in [-0.15, -0.1) is 0 Å². The minimum absolute atomic E-state index is 0.0911. The molecule has 25 heavy (non-hydrogen) atoms. The Hall–Kier alpha value is -0.900. The lowest BCUT2D eigenvalue weighted by atomic mass is 10.2. The van der Waals surface area contributed by atoms with Crippen molar-refractivity contribution in [2.24, 2.45) is 4.99 Å². The van der Waals surface area contributed by atoms with E-state index < -0.39 is 15.9 Å². The zero-order valence-corrected chi connectivity index (χ0v) is 16.5. The van der Waals surface area contributed by atoms with E-state index in [1.807, 2.05) is 29.2 Å². The molecular weight excluding hydrogens is 428 g/mol. The van der Waals surface area contributed by atoms with Crippen LogP contribution in [0.4, 0.5) is 5.69 Å². The molecule has 0 N–H and O–H groups in total. The van der Waals surface area contributed by atoms with Gasteiger partial charge in [0.1, 0.15) is 6.10 Å². The first-order valence-electron chi connectivity index (χ1n) is 8.09. The van der Waals surface area contributed by atoms with Gasteiger partial charge >= 0.3 is 0 Å². The number of aliphatic imine (C=N–C) groups is 1. The molecule has 134 valence electrons. The number of thioether (sulfide) groups is 1. The van der Waals surface area contributed by atoms with E-state index in [1.165, 1.54) is 11.8 Å². The standard InChI is InChI=1S/C16H17BrN2O4S2/c17-10-3-5-11(6-4-10)19-12-8-25(21,22)9-14(12)24-16(19)18-15(20)13-2-1-7-23-13/h3-6,12-14H,1-2,7-9H2/t12-,13+,14-/m0/s1. The second-order valence-corrected chi connectivity index (χ2v) is 10.7. The summed E-state index contributed by atoms with van der Waals surface area (Å²) in [6.45, 7) is 0.592. The quantitative estimate of drug-likeness (QED) is 0.695. The van der Waals surface area contributed by atoms with Crippen LogP contribution in [0.3, 0.4) is 0 Å². The number of hydrogen-bond donors (Lipinski definition) is 0. The molecule has 1 aromatic rings. The smallest absolute Gasteiger partial charge is 0.277 e. The van der Waals surface area contributed by atoms with Crippen LogP contribution in [0.5, 0.6) is 0 Å². The largest absolute Gasteiger partial charge is 0.368 e. The minimum atomic E-state index is -3.06. The van der Waals surface area contributed by atoms with Gasteiger partial charge in [0.25, 0.3) is 5.91 Å². The number of carbonyl (C=O) groups is 1. The fourth-order valence-corrected chi connectivity index (χ4v) is 7.59. The van der Waals surface area contributed by atoms with Crippen molar-refractivity contribution in [3.8, 4) is 0 Å². The lowest BCUT2D eigenvalue weighted by molar-refractivity contribution is -0.126. The first-order valence-corrected chi connectivity index (χ1v) is 11.6. The van der Waals surface area contributed by atoms with Crippen LogP contribution >= 0.6 is 27.7 Å². The van der Waals surface area contributed by atoms with E-state index in [1.54, 1.807) is 0 Å². The number of hydrogen-bond acceptors (Lipinski definition) is 5. The second-order valence-electron chi connectivity index (χ2n) is 6.38. The lowest BCUT2D eigenvalue weighted by Gasteiger charge is -2.24. The molecular formula is C16H17BrN2O4S2. The van der Waals surface area contributed by atoms with Crippen molar-refractivity contribution in [3.63, 3.8) is 0 Å². The monoisotopic (exact) mass is 444 g/mol. The average molecular weight is 445 g/mol. The van der Waals surface area contributed by atoms with E-state index in [4.69, 9.17) is 4.74 Å². The molecule has 0 bridgehead atoms. The Morgan fingerprint density at radius 3 is 2.72 bits per heavy atom. The number of anilines is 1. The van der Waals surface area contributed by atoms with Gasteiger partial charge in [-0.25, -0.2) is 8.42 Å². The molecule has 1 aromatic carbocycles. The molecule has 4 rings (SSSR count). The Bertz CT molecular complexity index is 819. The maximum Gasteiger partial charge on any atom is 0.277 e. The summed E-state index contributed by atoms with van der Waals surface area (Å²) in [5, 5.41) is 0.484. The molecule has 3 aliphatic rings. The minimum Gasteiger partial charge on any atom is -0.368 e. The number of carbonyl (C=O) groups excluding carboxylic acids is 1.